The van der Waals surface area contributed by atoms with Crippen molar-refractivity contribution in [3.8, 4) is 0 Å². The molecule has 6 atom stereocenters. The van der Waals surface area contributed by atoms with E-state index >= 15 is 4.39 Å². The van der Waals surface area contributed by atoms with Crippen LogP contribution in [-0.2, 0) is 31.6 Å². The van der Waals surface area contributed by atoms with Crippen LogP contribution in [-0.4, -0.2) is 74.0 Å². The van der Waals surface area contributed by atoms with Crippen LogP contribution in [0.1, 0.15) is 6.23 Å². The van der Waals surface area contributed by atoms with Crippen LogP contribution in [0.2, 0.25) is 0 Å². The van der Waals surface area contributed by atoms with E-state index in [0.717, 1.165) is 10.9 Å². The third-order valence-electron chi connectivity index (χ3n) is 3.94. The average molecular weight is 541 g/mol. The number of nitrogens with one attached hydrogen (secondary N) is 1. The monoisotopic (exact) mass is 541 g/mol. The Balaban J connectivity index is 1.79. The van der Waals surface area contributed by atoms with E-state index in [1.54, 1.807) is 0 Å². The van der Waals surface area contributed by atoms with Crippen molar-refractivity contribution in [2.45, 2.75) is 24.3 Å². The van der Waals surface area contributed by atoms with E-state index in [1.807, 2.05) is 0 Å². The van der Waals surface area contributed by atoms with Crippen molar-refractivity contribution in [3.05, 3.63) is 16.7 Å². The number of hydrogen-bond acceptors (Lipinski definition) is 13. The van der Waals surface area contributed by atoms with Crippen LogP contribution in [0.4, 0.5) is 10.3 Å². The number of nitrogens with zero attached hydrogens (tertiary/aromatic N) is 3. The zero-order chi connectivity index (χ0) is 25.0. The molecule has 1 fully saturated rings. The van der Waals surface area contributed by atoms with E-state index in [4.69, 9.17) is 25.2 Å². The van der Waals surface area contributed by atoms with Crippen molar-refractivity contribution in [1.29, 1.82) is 0 Å². The highest BCUT2D eigenvalue weighted by atomic mass is 31.3. The Morgan fingerprint density at radius 3 is 2.45 bits per heavy atom. The molecule has 0 saturated carbocycles. The number of nitrogens with two attached hydrogens (primary N) is 1. The lowest BCUT2D eigenvalue weighted by Gasteiger charge is -2.24. The van der Waals surface area contributed by atoms with Gasteiger partial charge in [-0.1, -0.05) is 0 Å². The van der Waals surface area contributed by atoms with Crippen LogP contribution in [0.3, 0.4) is 0 Å². The molecule has 2 aromatic heterocycles. The first kappa shape index (κ1) is 26.0. The van der Waals surface area contributed by atoms with Gasteiger partial charge in [-0.25, -0.2) is 23.1 Å². The molecule has 19 nitrogen and oxygen atoms in total. The van der Waals surface area contributed by atoms with E-state index in [1.165, 1.54) is 0 Å². The summed E-state index contributed by atoms with van der Waals surface area (Å²) in [5.74, 6) is -3.83. The number of alkyl halides is 1. The number of phosphoric ester groups is 1. The van der Waals surface area contributed by atoms with Crippen molar-refractivity contribution in [3.63, 3.8) is 0 Å². The number of ether oxygens (including phenoxy) is 1. The van der Waals surface area contributed by atoms with Crippen LogP contribution in [0.15, 0.2) is 11.1 Å². The highest BCUT2D eigenvalue weighted by Gasteiger charge is 2.57. The molecule has 1 saturated heterocycles. The fraction of sp³-hybridized carbons (Fsp3) is 0.500. The lowest BCUT2D eigenvalue weighted by Crippen LogP contribution is -2.42. The summed E-state index contributed by atoms with van der Waals surface area (Å²) in [7, 11) is -17.3. The number of aliphatic hydroxyl groups is 2. The second-order valence-corrected chi connectivity index (χ2v) is 10.8. The number of nitrogen functional groups attached to an aromatic ring is 1. The quantitative estimate of drug-likeness (QED) is 0.167. The van der Waals surface area contributed by atoms with Gasteiger partial charge in [0.15, 0.2) is 17.4 Å². The molecule has 23 heteroatoms. The van der Waals surface area contributed by atoms with Crippen LogP contribution in [0.5, 0.6) is 0 Å². The molecule has 3 unspecified atom stereocenters. The first-order valence-electron chi connectivity index (χ1n) is 8.17. The zero-order valence-corrected chi connectivity index (χ0v) is 18.3. The first-order valence-corrected chi connectivity index (χ1v) is 12.7. The predicted molar refractivity (Wildman–Crippen MR) is 98.4 cm³/mol. The second kappa shape index (κ2) is 8.54. The summed E-state index contributed by atoms with van der Waals surface area (Å²) < 4.78 is 65.5. The van der Waals surface area contributed by atoms with Crippen LogP contribution < -0.4 is 11.3 Å². The topological polar surface area (TPSA) is 299 Å². The van der Waals surface area contributed by atoms with Gasteiger partial charge in [-0.05, 0) is 0 Å². The van der Waals surface area contributed by atoms with Gasteiger partial charge in [-0.3, -0.25) is 18.9 Å². The van der Waals surface area contributed by atoms with Crippen LogP contribution in [0.25, 0.3) is 11.2 Å². The minimum atomic E-state index is -5.88. The third kappa shape index (κ3) is 5.72. The van der Waals surface area contributed by atoms with Gasteiger partial charge in [-0.15, -0.1) is 0 Å². The molecule has 0 radical (unpaired) electrons. The Kier molecular flexibility index (Phi) is 6.73. The van der Waals surface area contributed by atoms with E-state index in [0.29, 0.717) is 0 Å². The standard InChI is InChI=1S/C10H15FN5O14P3/c11-10(1-27-32(23,24)30-33(25,26)29-31(20,21)22)5(18)4(17)8(28-10)16-2-13-3-6(16)14-9(12)15-7(3)19/h2,4-5,8,17-18H,1H2,(H,23,24)(H,25,26)(H2,20,21,22)(H3,12,14,15,19)/t4-,5+,8?,10-/m1/s1. The van der Waals surface area contributed by atoms with Gasteiger partial charge in [-0.2, -0.15) is 13.6 Å². The van der Waals surface area contributed by atoms with E-state index < -0.39 is 59.9 Å². The third-order valence-corrected chi connectivity index (χ3v) is 7.72. The summed E-state index contributed by atoms with van der Waals surface area (Å²) in [4.78, 5) is 56.9. The molecule has 0 aromatic carbocycles. The Hall–Kier alpha value is -1.63. The lowest BCUT2D eigenvalue weighted by atomic mass is 10.1. The molecule has 0 aliphatic carbocycles. The molecular weight excluding hydrogens is 526 g/mol. The molecule has 33 heavy (non-hydrogen) atoms. The van der Waals surface area contributed by atoms with Gasteiger partial charge in [0.2, 0.25) is 5.95 Å². The smallest absolute Gasteiger partial charge is 0.385 e. The summed E-state index contributed by atoms with van der Waals surface area (Å²) in [6.07, 6.45) is -5.50. The number of H-pyrrole nitrogens is 1. The molecule has 0 amide bonds. The van der Waals surface area contributed by atoms with Crippen molar-refractivity contribution in [2.75, 3.05) is 12.3 Å². The second-order valence-electron chi connectivity index (χ2n) is 6.37. The number of phosphoric acid groups is 3. The fourth-order valence-electron chi connectivity index (χ4n) is 2.69. The number of rotatable bonds is 8. The molecule has 9 N–H and O–H groups in total. The normalized spacial score (nSPS) is 29.7. The molecule has 1 aliphatic heterocycles. The fourth-order valence-corrected chi connectivity index (χ4v) is 5.73. The Morgan fingerprint density at radius 2 is 1.85 bits per heavy atom. The largest absolute Gasteiger partial charge is 0.490 e. The minimum absolute atomic E-state index is 0.287. The number of fused-ring (bicyclic) bond motifs is 1. The Bertz CT molecular complexity index is 1260. The maximum absolute atomic E-state index is 15.1. The lowest BCUT2D eigenvalue weighted by molar-refractivity contribution is -0.203. The maximum atomic E-state index is 15.1. The molecule has 3 heterocycles. The van der Waals surface area contributed by atoms with Gasteiger partial charge in [0.05, 0.1) is 6.33 Å². The number of anilines is 1. The van der Waals surface area contributed by atoms with Crippen molar-refractivity contribution >= 4 is 40.6 Å². The van der Waals surface area contributed by atoms with Crippen LogP contribution in [0, 0.1) is 0 Å². The van der Waals surface area contributed by atoms with Gasteiger partial charge in [0, 0.05) is 0 Å². The molecule has 3 rings (SSSR count). The van der Waals surface area contributed by atoms with Crippen LogP contribution >= 0.6 is 23.5 Å². The predicted octanol–water partition coefficient (Wildman–Crippen LogP) is -2.04. The molecule has 0 spiro atoms. The Labute approximate surface area is 180 Å². The number of imidazole rings is 1. The minimum Gasteiger partial charge on any atom is -0.385 e. The van der Waals surface area contributed by atoms with Gasteiger partial charge in [0.1, 0.15) is 18.8 Å². The number of hydrogen-bond donors (Lipinski definition) is 8. The molecular formula is C10H15FN5O14P3. The van der Waals surface area contributed by atoms with Gasteiger partial charge in [0.25, 0.3) is 11.4 Å². The van der Waals surface area contributed by atoms with Crippen molar-refractivity contribution < 1.29 is 65.8 Å². The average Bonchev–Trinajstić information content (AvgIpc) is 3.12. The Morgan fingerprint density at radius 1 is 1.21 bits per heavy atom. The SMILES string of the molecule is Nc1nc2c(ncn2C2O[C@](F)(COP(=O)(O)OP(=O)(O)OP(=O)(O)O)[C@@H](O)[C@H]2O)c(=O)[nH]1. The molecule has 2 aromatic rings. The highest BCUT2D eigenvalue weighted by Crippen LogP contribution is 2.66. The summed E-state index contributed by atoms with van der Waals surface area (Å²) in [5.41, 5.74) is 4.05. The summed E-state index contributed by atoms with van der Waals surface area (Å²) >= 11 is 0. The van der Waals surface area contributed by atoms with E-state index in [9.17, 15) is 33.6 Å². The molecule has 186 valence electrons. The number of aliphatic hydroxyl groups excluding tert-OH is 2. The zero-order valence-electron chi connectivity index (χ0n) is 15.6. The summed E-state index contributed by atoms with van der Waals surface area (Å²) in [6, 6.07) is 0. The van der Waals surface area contributed by atoms with Gasteiger partial charge >= 0.3 is 23.5 Å². The summed E-state index contributed by atoms with van der Waals surface area (Å²) in [6.45, 7) is -1.71. The van der Waals surface area contributed by atoms with Gasteiger partial charge < -0.3 is 40.3 Å². The highest BCUT2D eigenvalue weighted by molar-refractivity contribution is 7.66. The summed E-state index contributed by atoms with van der Waals surface area (Å²) in [5, 5.41) is 20.2. The van der Waals surface area contributed by atoms with E-state index in [2.05, 4.69) is 28.1 Å². The number of aromatic nitrogens is 4. The molecule has 0 bridgehead atoms. The van der Waals surface area contributed by atoms with Crippen molar-refractivity contribution in [1.82, 2.24) is 19.5 Å². The van der Waals surface area contributed by atoms with Crippen molar-refractivity contribution in [2.24, 2.45) is 0 Å². The maximum Gasteiger partial charge on any atom is 0.490 e. The van der Waals surface area contributed by atoms with E-state index in [-0.39, 0.29) is 17.1 Å². The number of halogens is 1. The first-order chi connectivity index (χ1) is 14.9. The molecule has 1 aliphatic rings. The number of aromatic amines is 1.